The van der Waals surface area contributed by atoms with Crippen LogP contribution in [0, 0.1) is 29.8 Å². The van der Waals surface area contributed by atoms with Crippen LogP contribution in [0.4, 0.5) is 23.4 Å². The number of aliphatic hydroxyl groups excluding tert-OH is 1. The van der Waals surface area contributed by atoms with E-state index in [4.69, 9.17) is 11.2 Å². The summed E-state index contributed by atoms with van der Waals surface area (Å²) in [4.78, 5) is 12.9. The molecule has 3 aromatic carbocycles. The summed E-state index contributed by atoms with van der Waals surface area (Å²) >= 11 is 0. The van der Waals surface area contributed by atoms with Gasteiger partial charge in [0.1, 0.15) is 41.5 Å². The third kappa shape index (κ3) is 4.82. The van der Waals surface area contributed by atoms with Gasteiger partial charge < -0.3 is 19.8 Å². The Morgan fingerprint density at radius 3 is 2.73 bits per heavy atom. The number of hydrogen-bond donors (Lipinski definition) is 2. The molecule has 3 aliphatic rings. The number of hydrogen-bond acceptors (Lipinski definition) is 7. The van der Waals surface area contributed by atoms with Gasteiger partial charge in [-0.2, -0.15) is 9.97 Å². The number of halogens is 4. The van der Waals surface area contributed by atoms with Crippen LogP contribution in [-0.2, 0) is 0 Å². The molecule has 11 heteroatoms. The van der Waals surface area contributed by atoms with Crippen molar-refractivity contribution in [2.75, 3.05) is 31.1 Å². The van der Waals surface area contributed by atoms with Gasteiger partial charge in [-0.25, -0.2) is 17.6 Å². The van der Waals surface area contributed by atoms with Crippen molar-refractivity contribution in [1.82, 2.24) is 14.9 Å². The summed E-state index contributed by atoms with van der Waals surface area (Å²) in [6.07, 6.45) is 7.10. The minimum Gasteiger partial charge on any atom is -0.508 e. The van der Waals surface area contributed by atoms with Crippen LogP contribution in [0.2, 0.25) is 0 Å². The van der Waals surface area contributed by atoms with Gasteiger partial charge in [0.25, 0.3) is 0 Å². The highest BCUT2D eigenvalue weighted by molar-refractivity contribution is 6.04. The van der Waals surface area contributed by atoms with Crippen LogP contribution in [0.15, 0.2) is 30.3 Å². The van der Waals surface area contributed by atoms with Gasteiger partial charge in [-0.1, -0.05) is 12.0 Å². The van der Waals surface area contributed by atoms with Crippen molar-refractivity contribution in [3.05, 3.63) is 53.3 Å². The number of aromatic hydroxyl groups is 1. The van der Waals surface area contributed by atoms with Crippen LogP contribution in [0.1, 0.15) is 44.6 Å². The van der Waals surface area contributed by atoms with Gasteiger partial charge in [-0.15, -0.1) is 6.42 Å². The number of alkyl halides is 1. The number of phenols is 1. The number of piperidine rings is 1. The average Bonchev–Trinajstić information content (AvgIpc) is 3.53. The average molecular weight is 621 g/mol. The van der Waals surface area contributed by atoms with Crippen molar-refractivity contribution in [3.63, 3.8) is 0 Å². The lowest BCUT2D eigenvalue weighted by Gasteiger charge is -2.38. The molecule has 4 heterocycles. The molecule has 2 N–H and O–H groups in total. The second kappa shape index (κ2) is 11.0. The molecule has 7 rings (SSSR count). The zero-order valence-corrected chi connectivity index (χ0v) is 24.7. The third-order valence-corrected chi connectivity index (χ3v) is 9.76. The lowest BCUT2D eigenvalue weighted by molar-refractivity contribution is 0.107. The number of fused-ring (bicyclic) bond motifs is 3. The van der Waals surface area contributed by atoms with E-state index in [2.05, 4.69) is 20.8 Å². The summed E-state index contributed by atoms with van der Waals surface area (Å²) < 4.78 is 68.3. The van der Waals surface area contributed by atoms with E-state index >= 15 is 8.78 Å². The molecule has 45 heavy (non-hydrogen) atoms. The van der Waals surface area contributed by atoms with Gasteiger partial charge >= 0.3 is 6.01 Å². The fourth-order valence-corrected chi connectivity index (χ4v) is 7.52. The minimum atomic E-state index is -1.08. The summed E-state index contributed by atoms with van der Waals surface area (Å²) in [5.74, 6) is -0.655. The number of aromatic nitrogens is 2. The van der Waals surface area contributed by atoms with Gasteiger partial charge in [-0.3, -0.25) is 4.90 Å². The number of nitrogens with zero attached hydrogens (tertiary/aromatic N) is 4. The van der Waals surface area contributed by atoms with Gasteiger partial charge in [0.05, 0.1) is 28.8 Å². The normalized spacial score (nSPS) is 25.2. The molecule has 3 aliphatic heterocycles. The number of rotatable bonds is 5. The minimum absolute atomic E-state index is 0.0557. The van der Waals surface area contributed by atoms with Crippen molar-refractivity contribution in [3.8, 4) is 35.2 Å². The predicted molar refractivity (Wildman–Crippen MR) is 163 cm³/mol. The molecule has 0 unspecified atom stereocenters. The van der Waals surface area contributed by atoms with E-state index in [9.17, 15) is 19.0 Å². The van der Waals surface area contributed by atoms with Gasteiger partial charge in [0, 0.05) is 35.8 Å². The molecule has 4 atom stereocenters. The molecule has 7 nitrogen and oxygen atoms in total. The van der Waals surface area contributed by atoms with Crippen LogP contribution in [0.3, 0.4) is 0 Å². The van der Waals surface area contributed by atoms with Gasteiger partial charge in [-0.05, 0) is 68.8 Å². The Bertz CT molecular complexity index is 1880. The molecular weight excluding hydrogens is 588 g/mol. The second-order valence-electron chi connectivity index (χ2n) is 12.4. The van der Waals surface area contributed by atoms with Crippen LogP contribution in [0.5, 0.6) is 11.8 Å². The van der Waals surface area contributed by atoms with Crippen LogP contribution >= 0.6 is 0 Å². The largest absolute Gasteiger partial charge is 0.508 e. The summed E-state index contributed by atoms with van der Waals surface area (Å²) in [6, 6.07) is 5.50. The van der Waals surface area contributed by atoms with Crippen LogP contribution in [-0.4, -0.2) is 75.2 Å². The molecule has 0 saturated carbocycles. The quantitative estimate of drug-likeness (QED) is 0.214. The van der Waals surface area contributed by atoms with E-state index in [1.54, 1.807) is 4.90 Å². The fraction of sp³-hybridized carbons (Fsp3) is 0.412. The Kier molecular flexibility index (Phi) is 7.25. The number of benzene rings is 3. The molecule has 3 saturated heterocycles. The van der Waals surface area contributed by atoms with Crippen molar-refractivity contribution >= 4 is 27.5 Å². The highest BCUT2D eigenvalue weighted by atomic mass is 19.1. The van der Waals surface area contributed by atoms with Crippen molar-refractivity contribution in [1.29, 1.82) is 0 Å². The van der Waals surface area contributed by atoms with Crippen molar-refractivity contribution in [2.45, 2.75) is 62.9 Å². The number of ether oxygens (including phenoxy) is 1. The van der Waals surface area contributed by atoms with Gasteiger partial charge in [0.2, 0.25) is 0 Å². The maximum atomic E-state index is 16.8. The van der Waals surface area contributed by atoms with E-state index in [0.717, 1.165) is 37.6 Å². The topological polar surface area (TPSA) is 82.0 Å². The molecule has 0 aliphatic carbocycles. The van der Waals surface area contributed by atoms with E-state index < -0.39 is 46.9 Å². The number of aliphatic hydroxyl groups is 1. The van der Waals surface area contributed by atoms with Crippen LogP contribution in [0.25, 0.3) is 32.8 Å². The molecule has 1 aromatic heterocycles. The molecule has 0 amide bonds. The SMILES string of the molecule is C#Cc1c(F)ccc2cc(O)cc(-c3c(F)cc4c(N5CCC[C@@H](O)[C@@H]5C)nc(OC[C@@]56CCCN5C[C@H](F)C6)nc4c3F)c12. The predicted octanol–water partition coefficient (Wildman–Crippen LogP) is 5.86. The maximum Gasteiger partial charge on any atom is 0.319 e. The van der Waals surface area contributed by atoms with Crippen molar-refractivity contribution in [2.24, 2.45) is 0 Å². The third-order valence-electron chi connectivity index (χ3n) is 9.76. The smallest absolute Gasteiger partial charge is 0.319 e. The lowest BCUT2D eigenvalue weighted by atomic mass is 9.92. The van der Waals surface area contributed by atoms with E-state index in [0.29, 0.717) is 37.7 Å². The van der Waals surface area contributed by atoms with E-state index in [1.165, 1.54) is 12.1 Å². The maximum absolute atomic E-state index is 16.8. The summed E-state index contributed by atoms with van der Waals surface area (Å²) in [5, 5.41) is 21.5. The second-order valence-corrected chi connectivity index (χ2v) is 12.4. The van der Waals surface area contributed by atoms with E-state index in [1.807, 2.05) is 6.92 Å². The van der Waals surface area contributed by atoms with E-state index in [-0.39, 0.29) is 51.6 Å². The van der Waals surface area contributed by atoms with Crippen molar-refractivity contribution < 1.29 is 32.5 Å². The number of terminal acetylenes is 1. The lowest BCUT2D eigenvalue weighted by Crippen LogP contribution is -2.47. The first-order valence-corrected chi connectivity index (χ1v) is 15.2. The Hall–Kier alpha value is -4.14. The Morgan fingerprint density at radius 2 is 1.93 bits per heavy atom. The highest BCUT2D eigenvalue weighted by Gasteiger charge is 2.49. The Morgan fingerprint density at radius 1 is 1.11 bits per heavy atom. The first-order chi connectivity index (χ1) is 21.6. The first-order valence-electron chi connectivity index (χ1n) is 15.2. The molecule has 4 aromatic rings. The molecule has 0 spiro atoms. The molecule has 234 valence electrons. The zero-order valence-electron chi connectivity index (χ0n) is 24.7. The molecule has 0 bridgehead atoms. The first kappa shape index (κ1) is 29.6. The molecule has 3 fully saturated rings. The summed E-state index contributed by atoms with van der Waals surface area (Å²) in [5.41, 5.74) is -1.67. The standard InChI is InChI=1S/C34H32F4N4O3/c1-3-22-25(36)8-7-19-12-21(43)13-23(28(19)22)29-26(37)14-24-31(30(29)38)39-33(40-32(24)42-11-4-6-27(44)18(42)2)45-17-34-9-5-10-41(34)16-20(35)15-34/h1,7-8,12-14,18,20,27,43-44H,4-6,9-11,15-17H2,2H3/t18-,20+,27+,34-/m0/s1. The zero-order chi connectivity index (χ0) is 31.6. The van der Waals surface area contributed by atoms with Crippen LogP contribution < -0.4 is 9.64 Å². The Balaban J connectivity index is 1.43. The number of phenolic OH excluding ortho intramolecular Hbond substituents is 1. The monoisotopic (exact) mass is 620 g/mol. The summed E-state index contributed by atoms with van der Waals surface area (Å²) in [6.45, 7) is 3.45. The van der Waals surface area contributed by atoms with Gasteiger partial charge in [0.15, 0.2) is 5.82 Å². The molecule has 0 radical (unpaired) electrons. The Labute approximate surface area is 257 Å². The molecular formula is C34H32F4N4O3. The highest BCUT2D eigenvalue weighted by Crippen LogP contribution is 2.43. The summed E-state index contributed by atoms with van der Waals surface area (Å²) in [7, 11) is 0. The number of anilines is 1. The fourth-order valence-electron chi connectivity index (χ4n) is 7.52.